The Kier molecular flexibility index (Phi) is 2.92. The smallest absolute Gasteiger partial charge is 0.00448 e. The lowest BCUT2D eigenvalue weighted by atomic mass is 9.78. The third-order valence-corrected chi connectivity index (χ3v) is 2.63. The molecule has 1 saturated carbocycles. The van der Waals surface area contributed by atoms with Gasteiger partial charge in [0.2, 0.25) is 0 Å². The Labute approximate surface area is 69.0 Å². The third-order valence-electron chi connectivity index (χ3n) is 2.63. The van der Waals surface area contributed by atoms with Gasteiger partial charge in [0, 0.05) is 6.04 Å². The molecule has 0 saturated heterocycles. The maximum Gasteiger partial charge on any atom is 0.00448 e. The van der Waals surface area contributed by atoms with E-state index in [9.17, 15) is 0 Å². The molecule has 1 aliphatic rings. The largest absolute Gasteiger partial charge is 0.328 e. The predicted molar refractivity (Wildman–Crippen MR) is 48.2 cm³/mol. The zero-order valence-corrected chi connectivity index (χ0v) is 7.22. The summed E-state index contributed by atoms with van der Waals surface area (Å²) in [6, 6.07) is 0.404. The van der Waals surface area contributed by atoms with Gasteiger partial charge in [0.05, 0.1) is 0 Å². The number of rotatable bonds is 1. The van der Waals surface area contributed by atoms with E-state index in [0.29, 0.717) is 12.0 Å². The van der Waals surface area contributed by atoms with Crippen LogP contribution in [0.5, 0.6) is 0 Å². The van der Waals surface area contributed by atoms with Crippen LogP contribution in [0.25, 0.3) is 0 Å². The first-order chi connectivity index (χ1) is 5.24. The highest BCUT2D eigenvalue weighted by atomic mass is 14.6. The Bertz CT molecular complexity index is 168. The Morgan fingerprint density at radius 2 is 2.27 bits per heavy atom. The molecule has 11 heavy (non-hydrogen) atoms. The SMILES string of the molecule is C=C=CC1CC(N)CCC1C. The topological polar surface area (TPSA) is 26.0 Å². The molecule has 0 aromatic carbocycles. The van der Waals surface area contributed by atoms with E-state index < -0.39 is 0 Å². The molecule has 62 valence electrons. The average molecular weight is 151 g/mol. The van der Waals surface area contributed by atoms with Gasteiger partial charge >= 0.3 is 0 Å². The monoisotopic (exact) mass is 151 g/mol. The summed E-state index contributed by atoms with van der Waals surface area (Å²) in [7, 11) is 0. The van der Waals surface area contributed by atoms with Crippen LogP contribution in [0, 0.1) is 11.8 Å². The van der Waals surface area contributed by atoms with Crippen LogP contribution in [0.3, 0.4) is 0 Å². The third kappa shape index (κ3) is 2.21. The molecular formula is C10H17N. The van der Waals surface area contributed by atoms with Crippen LogP contribution in [0.1, 0.15) is 26.2 Å². The van der Waals surface area contributed by atoms with E-state index >= 15 is 0 Å². The lowest BCUT2D eigenvalue weighted by Gasteiger charge is -2.29. The second-order valence-electron chi connectivity index (χ2n) is 3.59. The van der Waals surface area contributed by atoms with Crippen molar-refractivity contribution < 1.29 is 0 Å². The predicted octanol–water partition coefficient (Wildman–Crippen LogP) is 2.09. The normalized spacial score (nSPS) is 37.8. The van der Waals surface area contributed by atoms with E-state index in [0.717, 1.165) is 12.3 Å². The molecule has 1 rings (SSSR count). The summed E-state index contributed by atoms with van der Waals surface area (Å²) in [4.78, 5) is 0. The molecule has 1 nitrogen and oxygen atoms in total. The molecular weight excluding hydrogens is 134 g/mol. The first-order valence-electron chi connectivity index (χ1n) is 4.35. The van der Waals surface area contributed by atoms with Crippen LogP contribution < -0.4 is 5.73 Å². The van der Waals surface area contributed by atoms with Crippen molar-refractivity contribution in [3.05, 3.63) is 18.4 Å². The summed E-state index contributed by atoms with van der Waals surface area (Å²) in [6.07, 6.45) is 5.63. The van der Waals surface area contributed by atoms with Crippen molar-refractivity contribution in [2.24, 2.45) is 17.6 Å². The van der Waals surface area contributed by atoms with Gasteiger partial charge in [-0.25, -0.2) is 0 Å². The van der Waals surface area contributed by atoms with Crippen LogP contribution in [0.15, 0.2) is 18.4 Å². The molecule has 1 fully saturated rings. The van der Waals surface area contributed by atoms with Crippen LogP contribution in [-0.2, 0) is 0 Å². The van der Waals surface area contributed by atoms with Gasteiger partial charge in [0.15, 0.2) is 0 Å². The lowest BCUT2D eigenvalue weighted by Crippen LogP contribution is -2.31. The summed E-state index contributed by atoms with van der Waals surface area (Å²) in [5.74, 6) is 1.39. The van der Waals surface area contributed by atoms with Gasteiger partial charge in [0.1, 0.15) is 0 Å². The second kappa shape index (κ2) is 3.75. The molecule has 0 aromatic rings. The van der Waals surface area contributed by atoms with E-state index in [1.807, 2.05) is 0 Å². The number of hydrogen-bond donors (Lipinski definition) is 1. The summed E-state index contributed by atoms with van der Waals surface area (Å²) in [6.45, 7) is 5.88. The highest BCUT2D eigenvalue weighted by molar-refractivity contribution is 4.92. The van der Waals surface area contributed by atoms with Crippen molar-refractivity contribution in [2.45, 2.75) is 32.2 Å². The molecule has 2 N–H and O–H groups in total. The highest BCUT2D eigenvalue weighted by Crippen LogP contribution is 2.29. The maximum absolute atomic E-state index is 5.85. The molecule has 0 amide bonds. The maximum atomic E-state index is 5.85. The molecule has 1 heteroatoms. The van der Waals surface area contributed by atoms with Gasteiger partial charge in [0.25, 0.3) is 0 Å². The van der Waals surface area contributed by atoms with Crippen molar-refractivity contribution in [1.82, 2.24) is 0 Å². The van der Waals surface area contributed by atoms with Gasteiger partial charge in [-0.1, -0.05) is 13.5 Å². The first kappa shape index (κ1) is 8.58. The molecule has 0 bridgehead atoms. The Balaban J connectivity index is 2.53. The summed E-state index contributed by atoms with van der Waals surface area (Å²) < 4.78 is 0. The fourth-order valence-corrected chi connectivity index (χ4v) is 1.77. The Hall–Kier alpha value is -0.520. The summed E-state index contributed by atoms with van der Waals surface area (Å²) in [5, 5.41) is 0. The van der Waals surface area contributed by atoms with Crippen molar-refractivity contribution >= 4 is 0 Å². The minimum atomic E-state index is 0.404. The fourth-order valence-electron chi connectivity index (χ4n) is 1.77. The van der Waals surface area contributed by atoms with Gasteiger partial charge < -0.3 is 5.73 Å². The quantitative estimate of drug-likeness (QED) is 0.570. The van der Waals surface area contributed by atoms with Gasteiger partial charge in [-0.2, -0.15) is 0 Å². The van der Waals surface area contributed by atoms with Crippen molar-refractivity contribution in [2.75, 3.05) is 0 Å². The van der Waals surface area contributed by atoms with E-state index in [2.05, 4.69) is 25.3 Å². The van der Waals surface area contributed by atoms with Crippen LogP contribution >= 0.6 is 0 Å². The van der Waals surface area contributed by atoms with Gasteiger partial charge in [-0.05, 0) is 37.2 Å². The number of nitrogens with two attached hydrogens (primary N) is 1. The minimum absolute atomic E-state index is 0.404. The van der Waals surface area contributed by atoms with E-state index in [4.69, 9.17) is 5.73 Å². The number of hydrogen-bond acceptors (Lipinski definition) is 1. The molecule has 0 spiro atoms. The molecule has 3 atom stereocenters. The fraction of sp³-hybridized carbons (Fsp3) is 0.700. The van der Waals surface area contributed by atoms with Crippen LogP contribution in [0.2, 0.25) is 0 Å². The van der Waals surface area contributed by atoms with Crippen LogP contribution in [-0.4, -0.2) is 6.04 Å². The highest BCUT2D eigenvalue weighted by Gasteiger charge is 2.23. The van der Waals surface area contributed by atoms with Gasteiger partial charge in [-0.3, -0.25) is 0 Å². The summed E-state index contributed by atoms with van der Waals surface area (Å²) >= 11 is 0. The zero-order valence-electron chi connectivity index (χ0n) is 7.22. The number of allylic oxidation sites excluding steroid dienone is 1. The minimum Gasteiger partial charge on any atom is -0.328 e. The van der Waals surface area contributed by atoms with Crippen molar-refractivity contribution in [1.29, 1.82) is 0 Å². The second-order valence-corrected chi connectivity index (χ2v) is 3.59. The molecule has 0 aromatic heterocycles. The summed E-state index contributed by atoms with van der Waals surface area (Å²) in [5.41, 5.74) is 8.71. The molecule has 0 radical (unpaired) electrons. The zero-order chi connectivity index (χ0) is 8.27. The van der Waals surface area contributed by atoms with Gasteiger partial charge in [-0.15, -0.1) is 5.73 Å². The Morgan fingerprint density at radius 3 is 2.91 bits per heavy atom. The first-order valence-corrected chi connectivity index (χ1v) is 4.35. The molecule has 3 unspecified atom stereocenters. The standard InChI is InChI=1S/C10H17N/c1-3-4-9-7-10(11)6-5-8(9)2/h4,8-10H,1,5-7,11H2,2H3. The molecule has 0 aliphatic heterocycles. The van der Waals surface area contributed by atoms with Crippen molar-refractivity contribution in [3.8, 4) is 0 Å². The molecule has 0 heterocycles. The lowest BCUT2D eigenvalue weighted by molar-refractivity contribution is 0.278. The van der Waals surface area contributed by atoms with E-state index in [-0.39, 0.29) is 0 Å². The van der Waals surface area contributed by atoms with Crippen molar-refractivity contribution in [3.63, 3.8) is 0 Å². The molecule has 1 aliphatic carbocycles. The van der Waals surface area contributed by atoms with E-state index in [1.165, 1.54) is 12.8 Å². The van der Waals surface area contributed by atoms with Crippen LogP contribution in [0.4, 0.5) is 0 Å². The average Bonchev–Trinajstić information content (AvgIpc) is 1.98. The van der Waals surface area contributed by atoms with E-state index in [1.54, 1.807) is 0 Å². The Morgan fingerprint density at radius 1 is 1.55 bits per heavy atom.